The summed E-state index contributed by atoms with van der Waals surface area (Å²) in [6, 6.07) is 5.23. The van der Waals surface area contributed by atoms with Crippen LogP contribution in [-0.2, 0) is 13.1 Å². The van der Waals surface area contributed by atoms with Crippen molar-refractivity contribution in [1.29, 1.82) is 0 Å². The Bertz CT molecular complexity index is 453. The van der Waals surface area contributed by atoms with E-state index in [2.05, 4.69) is 9.97 Å². The van der Waals surface area contributed by atoms with Gasteiger partial charge < -0.3 is 5.11 Å². The fraction of sp³-hybridized carbons (Fsp3) is 0.111. The number of nitrogens with zero attached hydrogens (tertiary/aromatic N) is 2. The van der Waals surface area contributed by atoms with Gasteiger partial charge in [-0.3, -0.25) is 0 Å². The molecule has 2 heterocycles. The van der Waals surface area contributed by atoms with Crippen LogP contribution in [0.3, 0.4) is 0 Å². The van der Waals surface area contributed by atoms with Crippen LogP contribution in [0.2, 0.25) is 0 Å². The molecule has 0 aromatic carbocycles. The molecule has 0 aliphatic heterocycles. The maximum absolute atomic E-state index is 9.38. The Kier molecular flexibility index (Phi) is 5.12. The third-order valence-corrected chi connectivity index (χ3v) is 1.72. The zero-order valence-corrected chi connectivity index (χ0v) is 10.4. The normalized spacial score (nSPS) is 9.80. The zero-order chi connectivity index (χ0) is 11.3. The number of pyridine rings is 2. The van der Waals surface area contributed by atoms with Crippen molar-refractivity contribution in [1.82, 2.24) is 9.97 Å². The summed E-state index contributed by atoms with van der Waals surface area (Å²) in [5.41, 5.74) is 1.50. The van der Waals surface area contributed by atoms with Crippen LogP contribution in [-0.4, -0.2) is 15.1 Å². The molecule has 15 heavy (non-hydrogen) atoms. The molecule has 6 heteroatoms. The van der Waals surface area contributed by atoms with Crippen LogP contribution in [0.5, 0.6) is 5.75 Å². The van der Waals surface area contributed by atoms with Gasteiger partial charge in [0.05, 0.1) is 5.39 Å². The van der Waals surface area contributed by atoms with Crippen LogP contribution < -0.4 is 0 Å². The van der Waals surface area contributed by atoms with Crippen molar-refractivity contribution in [3.63, 3.8) is 0 Å². The summed E-state index contributed by atoms with van der Waals surface area (Å²) in [4.78, 5) is 8.20. The Labute approximate surface area is 102 Å². The van der Waals surface area contributed by atoms with Crippen LogP contribution in [0.25, 0.3) is 11.0 Å². The fourth-order valence-electron chi connectivity index (χ4n) is 1.11. The molecule has 2 rings (SSSR count). The van der Waals surface area contributed by atoms with E-state index in [1.54, 1.807) is 12.3 Å². The molecule has 82 valence electrons. The molecule has 0 aliphatic rings. The molecule has 3 nitrogen and oxygen atoms in total. The average Bonchev–Trinajstić information content (AvgIpc) is 2.19. The van der Waals surface area contributed by atoms with E-state index in [1.807, 2.05) is 19.1 Å². The third kappa shape index (κ3) is 3.50. The van der Waals surface area contributed by atoms with Crippen molar-refractivity contribution in [2.24, 2.45) is 0 Å². The minimum absolute atomic E-state index is 0.194. The van der Waals surface area contributed by atoms with E-state index in [0.717, 1.165) is 5.69 Å². The molecule has 0 atom stereocenters. The fourth-order valence-corrected chi connectivity index (χ4v) is 1.11. The second-order valence-electron chi connectivity index (χ2n) is 2.70. The predicted molar refractivity (Wildman–Crippen MR) is 57.6 cm³/mol. The van der Waals surface area contributed by atoms with Gasteiger partial charge in [-0.2, -0.15) is 0 Å². The molecule has 0 saturated carbocycles. The quantitative estimate of drug-likeness (QED) is 0.757. The van der Waals surface area contributed by atoms with Gasteiger partial charge in [0.1, 0.15) is 5.75 Å². The topological polar surface area (TPSA) is 46.0 Å². The Morgan fingerprint density at radius 1 is 1.27 bits per heavy atom. The first kappa shape index (κ1) is 12.5. The van der Waals surface area contributed by atoms with E-state index in [4.69, 9.17) is 20.2 Å². The van der Waals surface area contributed by atoms with Crippen molar-refractivity contribution in [2.75, 3.05) is 0 Å². The molecule has 2 aromatic rings. The van der Waals surface area contributed by atoms with Crippen molar-refractivity contribution in [2.45, 2.75) is 6.92 Å². The maximum atomic E-state index is 9.38. The van der Waals surface area contributed by atoms with Crippen LogP contribution in [0.15, 0.2) is 24.4 Å². The second kappa shape index (κ2) is 6.13. The molecule has 0 spiro atoms. The summed E-state index contributed by atoms with van der Waals surface area (Å²) in [6.07, 6.45) is 1.55. The molecular formula is C9H8Cl2FeN2O. The molecule has 0 bridgehead atoms. The molecule has 2 aromatic heterocycles. The Hall–Kier alpha value is -0.541. The molecule has 0 fully saturated rings. The number of aromatic hydroxyl groups is 1. The van der Waals surface area contributed by atoms with Crippen molar-refractivity contribution >= 4 is 31.2 Å². The van der Waals surface area contributed by atoms with Gasteiger partial charge in [0, 0.05) is 11.9 Å². The third-order valence-electron chi connectivity index (χ3n) is 1.72. The van der Waals surface area contributed by atoms with Crippen LogP contribution in [0, 0.1) is 6.92 Å². The average molecular weight is 287 g/mol. The van der Waals surface area contributed by atoms with Gasteiger partial charge in [-0.05, 0) is 25.1 Å². The Morgan fingerprint density at radius 2 is 1.93 bits per heavy atom. The molecular weight excluding hydrogens is 279 g/mol. The van der Waals surface area contributed by atoms with Gasteiger partial charge in [-0.15, -0.1) is 0 Å². The summed E-state index contributed by atoms with van der Waals surface area (Å²) >= 11 is 0.194. The Balaban J connectivity index is 0.000000337. The summed E-state index contributed by atoms with van der Waals surface area (Å²) in [7, 11) is 9.53. The van der Waals surface area contributed by atoms with Crippen molar-refractivity contribution in [3.05, 3.63) is 30.1 Å². The number of aromatic nitrogens is 2. The van der Waals surface area contributed by atoms with E-state index in [1.165, 1.54) is 0 Å². The van der Waals surface area contributed by atoms with Gasteiger partial charge in [0.2, 0.25) is 0 Å². The number of aryl methyl sites for hydroxylation is 1. The van der Waals surface area contributed by atoms with Crippen molar-refractivity contribution < 1.29 is 18.2 Å². The molecule has 0 saturated heterocycles. The molecule has 0 unspecified atom stereocenters. The summed E-state index contributed by atoms with van der Waals surface area (Å²) in [6.45, 7) is 1.89. The van der Waals surface area contributed by atoms with Crippen LogP contribution >= 0.6 is 20.2 Å². The van der Waals surface area contributed by atoms with Gasteiger partial charge in [0.25, 0.3) is 0 Å². The monoisotopic (exact) mass is 286 g/mol. The summed E-state index contributed by atoms with van der Waals surface area (Å²) < 4.78 is 0. The van der Waals surface area contributed by atoms with Gasteiger partial charge in [0.15, 0.2) is 5.65 Å². The first-order chi connectivity index (χ1) is 7.19. The SMILES string of the molecule is Cc1ccc2c(O)ccnc2n1.[Cl][Fe][Cl]. The Morgan fingerprint density at radius 3 is 2.60 bits per heavy atom. The number of rotatable bonds is 0. The standard InChI is InChI=1S/C9H8N2O.2ClH.Fe/c1-6-2-3-7-8(12)4-5-10-9(7)11-6;;;/h2-5H,1H3,(H,10,11,12);2*1H;/q;;;+2/p-2. The summed E-state index contributed by atoms with van der Waals surface area (Å²) in [5.74, 6) is 0.229. The summed E-state index contributed by atoms with van der Waals surface area (Å²) in [5, 5.41) is 10.1. The van der Waals surface area contributed by atoms with Crippen molar-refractivity contribution in [3.8, 4) is 5.75 Å². The van der Waals surface area contributed by atoms with E-state index in [-0.39, 0.29) is 18.9 Å². The van der Waals surface area contributed by atoms with E-state index < -0.39 is 0 Å². The van der Waals surface area contributed by atoms with Gasteiger partial charge in [-0.1, -0.05) is 0 Å². The van der Waals surface area contributed by atoms with Gasteiger partial charge in [-0.25, -0.2) is 9.97 Å². The minimum atomic E-state index is 0.194. The number of halogens is 2. The molecule has 0 radical (unpaired) electrons. The van der Waals surface area contributed by atoms with Gasteiger partial charge >= 0.3 is 33.3 Å². The molecule has 0 aliphatic carbocycles. The first-order valence-corrected chi connectivity index (χ1v) is 6.99. The number of fused-ring (bicyclic) bond motifs is 1. The number of hydrogen-bond donors (Lipinski definition) is 1. The zero-order valence-electron chi connectivity index (χ0n) is 7.76. The van der Waals surface area contributed by atoms with E-state index >= 15 is 0 Å². The first-order valence-electron chi connectivity index (χ1n) is 3.95. The second-order valence-corrected chi connectivity index (χ2v) is 4.53. The molecule has 1 N–H and O–H groups in total. The van der Waals surface area contributed by atoms with E-state index in [9.17, 15) is 5.11 Å². The molecule has 0 amide bonds. The van der Waals surface area contributed by atoms with Crippen LogP contribution in [0.1, 0.15) is 5.69 Å². The van der Waals surface area contributed by atoms with Crippen LogP contribution in [0.4, 0.5) is 0 Å². The number of hydrogen-bond acceptors (Lipinski definition) is 3. The van der Waals surface area contributed by atoms with E-state index in [0.29, 0.717) is 11.0 Å². The predicted octanol–water partition coefficient (Wildman–Crippen LogP) is 3.02.